The van der Waals surface area contributed by atoms with Gasteiger partial charge < -0.3 is 75.6 Å². The maximum absolute atomic E-state index is 15.0. The fraction of sp³-hybridized carbons (Fsp3) is 0.550. The summed E-state index contributed by atoms with van der Waals surface area (Å²) in [6.45, 7) is 7.55. The Kier molecular flexibility index (Phi) is 23.8. The second-order valence-corrected chi connectivity index (χ2v) is 23.5. The van der Waals surface area contributed by atoms with Crippen molar-refractivity contribution < 1.29 is 90.2 Å². The number of alkyl halides is 3. The number of likely N-dealkylation sites (N-methyl/N-ethyl adjacent to an activating group) is 1. The van der Waals surface area contributed by atoms with Crippen LogP contribution in [0.15, 0.2) is 66.3 Å². The number of nitrogens with two attached hydrogens (primary N) is 1. The SMILES string of the molecule is COc1cc2cc(c1Cl)N(C)C(=O)C[C@H](OC(=O)CN(C)C(=O)c1ccc(NC(=O)[C@H](CCCNC(N)=O)NC(=O)[C@@H](NC(=O)CCCCCN3C(=O)C=CC3O)C(C)C)cc1C(F)(F)F)[C@]1(C)O[C@H]1[C@H](C)[C@@H]1C[C@@](O)(NC(=O)O1)[C@H](OC)/C=C/C=C(\C)C2. The number of aliphatic hydroxyl groups excluding tert-OH is 1. The third-order valence-electron chi connectivity index (χ3n) is 15.9. The molecule has 0 spiro atoms. The molecule has 4 aliphatic rings. The van der Waals surface area contributed by atoms with Gasteiger partial charge in [0.15, 0.2) is 5.72 Å². The van der Waals surface area contributed by atoms with E-state index in [1.165, 1.54) is 50.1 Å². The highest BCUT2D eigenvalue weighted by atomic mass is 35.5. The van der Waals surface area contributed by atoms with Crippen LogP contribution in [0.3, 0.4) is 0 Å². The third-order valence-corrected chi connectivity index (χ3v) is 16.3. The average Bonchev–Trinajstić information content (AvgIpc) is 1.84. The number of ether oxygens (including phenoxy) is 5. The number of nitrogens with one attached hydrogen (secondary N) is 5. The first-order valence-corrected chi connectivity index (χ1v) is 29.3. The number of benzene rings is 2. The van der Waals surface area contributed by atoms with Gasteiger partial charge in [-0.05, 0) is 93.8 Å². The third kappa shape index (κ3) is 18.2. The van der Waals surface area contributed by atoms with Gasteiger partial charge in [0, 0.05) is 64.8 Å². The van der Waals surface area contributed by atoms with E-state index in [-0.39, 0.29) is 61.1 Å². The van der Waals surface area contributed by atoms with E-state index in [0.29, 0.717) is 42.2 Å². The Balaban J connectivity index is 1.19. The van der Waals surface area contributed by atoms with Gasteiger partial charge in [-0.25, -0.2) is 9.59 Å². The molecule has 29 heteroatoms. The van der Waals surface area contributed by atoms with Crippen LogP contribution in [0.2, 0.25) is 5.02 Å². The lowest BCUT2D eigenvalue weighted by Gasteiger charge is -2.42. The zero-order valence-corrected chi connectivity index (χ0v) is 51.8. The molecule has 0 radical (unpaired) electrons. The van der Waals surface area contributed by atoms with Crippen LogP contribution in [0.4, 0.5) is 34.1 Å². The van der Waals surface area contributed by atoms with E-state index in [4.69, 9.17) is 41.0 Å². The zero-order valence-electron chi connectivity index (χ0n) is 51.0. The van der Waals surface area contributed by atoms with Gasteiger partial charge in [0.2, 0.25) is 29.5 Å². The summed E-state index contributed by atoms with van der Waals surface area (Å²) in [7, 11) is 5.23. The topological polar surface area (TPSA) is 339 Å². The van der Waals surface area contributed by atoms with Crippen molar-refractivity contribution >= 4 is 76.5 Å². The Morgan fingerprint density at radius 1 is 1.01 bits per heavy atom. The number of alkyl carbamates (subject to hydrolysis) is 1. The second-order valence-electron chi connectivity index (χ2n) is 23.1. The van der Waals surface area contributed by atoms with Crippen LogP contribution in [-0.4, -0.2) is 176 Å². The molecular formula is C60H79ClF3N9O16. The fourth-order valence-corrected chi connectivity index (χ4v) is 11.2. The number of methoxy groups -OCH3 is 2. The van der Waals surface area contributed by atoms with Gasteiger partial charge >= 0.3 is 24.3 Å². The van der Waals surface area contributed by atoms with E-state index in [1.807, 2.05) is 6.92 Å². The Hall–Kier alpha value is -7.79. The zero-order chi connectivity index (χ0) is 65.9. The number of esters is 1. The number of aliphatic hydroxyl groups is 2. The monoisotopic (exact) mass is 1270 g/mol. The first-order chi connectivity index (χ1) is 41.8. The van der Waals surface area contributed by atoms with Crippen LogP contribution in [0, 0.1) is 11.8 Å². The second kappa shape index (κ2) is 30.1. The first kappa shape index (κ1) is 70.3. The first-order valence-electron chi connectivity index (χ1n) is 29.0. The average molecular weight is 1270 g/mol. The number of halogens is 4. The number of primary amides is 1. The molecule has 9 amide bonds. The molecule has 9 N–H and O–H groups in total. The molecule has 10 atom stereocenters. The summed E-state index contributed by atoms with van der Waals surface area (Å²) in [5, 5.41) is 34.2. The van der Waals surface area contributed by atoms with E-state index >= 15 is 13.2 Å². The number of rotatable bonds is 22. The van der Waals surface area contributed by atoms with Gasteiger partial charge in [0.1, 0.15) is 59.5 Å². The van der Waals surface area contributed by atoms with Crippen molar-refractivity contribution in [3.05, 3.63) is 88.0 Å². The number of amides is 9. The molecule has 0 aliphatic carbocycles. The van der Waals surface area contributed by atoms with Gasteiger partial charge in [0.05, 0.1) is 36.4 Å². The standard InChI is InChI=1S/C60H79ClF3N9O16/c1-32(2)51(69-45(74)18-11-10-12-24-73-46(75)21-22-47(73)76)54(80)68-39(16-14-23-66-56(65)82)53(79)67-36-19-20-37(38(28-36)60(62,63)64)55(81)71(6)31-49(78)88-44-29-48(77)72(7)40-26-35(27-41(85-8)50(40)61)25-33(3)15-13-17-43(86-9)59(84)30-42(87-57(83)70-59)34(4)52-58(44,5)89-52/h13,15,17,19-22,26-28,32,34,39,42-44,46,51-52,75,84H,10-12,14,16,18,23-25,29-31H2,1-9H3,(H,67,79)(H,68,80)(H,69,74)(H,70,83)(H3,65,66,82)/b17-13+,33-15+/t34-,39+,42+,43-,44+,46?,51+,52+,58+,59+/m1/s1. The minimum absolute atomic E-state index is 0.00488. The summed E-state index contributed by atoms with van der Waals surface area (Å²) < 4.78 is 74.1. The highest BCUT2D eigenvalue weighted by molar-refractivity contribution is 6.35. The maximum Gasteiger partial charge on any atom is 0.417 e. The van der Waals surface area contributed by atoms with Crippen molar-refractivity contribution in [2.45, 2.75) is 153 Å². The maximum atomic E-state index is 15.0. The van der Waals surface area contributed by atoms with E-state index in [1.54, 1.807) is 51.1 Å². The van der Waals surface area contributed by atoms with Crippen molar-refractivity contribution in [2.75, 3.05) is 58.2 Å². The minimum atomic E-state index is -5.24. The molecule has 0 aromatic heterocycles. The van der Waals surface area contributed by atoms with E-state index in [0.717, 1.165) is 24.8 Å². The van der Waals surface area contributed by atoms with Gasteiger partial charge in [-0.2, -0.15) is 13.2 Å². The van der Waals surface area contributed by atoms with Crippen LogP contribution in [0.5, 0.6) is 5.75 Å². The molecule has 89 heavy (non-hydrogen) atoms. The van der Waals surface area contributed by atoms with Crippen LogP contribution >= 0.6 is 11.6 Å². The molecule has 2 saturated heterocycles. The van der Waals surface area contributed by atoms with Crippen molar-refractivity contribution in [3.8, 4) is 5.75 Å². The molecule has 0 saturated carbocycles. The van der Waals surface area contributed by atoms with Gasteiger partial charge in [-0.3, -0.25) is 38.9 Å². The molecule has 1 unspecified atom stereocenters. The summed E-state index contributed by atoms with van der Waals surface area (Å²) in [5.74, 6) is -6.81. The van der Waals surface area contributed by atoms with Crippen LogP contribution in [0.25, 0.3) is 0 Å². The molecule has 25 nitrogen and oxygen atoms in total. The summed E-state index contributed by atoms with van der Waals surface area (Å²) >= 11 is 6.79. The van der Waals surface area contributed by atoms with E-state index in [9.17, 15) is 53.4 Å². The van der Waals surface area contributed by atoms with E-state index in [2.05, 4.69) is 26.6 Å². The largest absolute Gasteiger partial charge is 0.495 e. The number of nitrogens with zero attached hydrogens (tertiary/aromatic N) is 3. The highest BCUT2D eigenvalue weighted by Crippen LogP contribution is 2.49. The Bertz CT molecular complexity index is 3090. The number of carbonyl (C=O) groups excluding carboxylic acids is 9. The number of epoxide rings is 1. The fourth-order valence-electron chi connectivity index (χ4n) is 10.9. The van der Waals surface area contributed by atoms with E-state index < -0.39 is 149 Å². The highest BCUT2D eigenvalue weighted by Gasteiger charge is 2.64. The number of fused-ring (bicyclic) bond motifs is 5. The molecule has 2 aromatic rings. The molecule has 2 aromatic carbocycles. The molecule has 6 rings (SSSR count). The molecule has 2 fully saturated rings. The Morgan fingerprint density at radius 3 is 2.37 bits per heavy atom. The summed E-state index contributed by atoms with van der Waals surface area (Å²) in [5.41, 5.74) is 0.477. The predicted octanol–water partition coefficient (Wildman–Crippen LogP) is 4.75. The van der Waals surface area contributed by atoms with Crippen LogP contribution in [0.1, 0.15) is 107 Å². The quantitative estimate of drug-likeness (QED) is 0.0448. The molecule has 4 bridgehead atoms. The van der Waals surface area contributed by atoms with Crippen LogP contribution in [-0.2, 0) is 60.3 Å². The Labute approximate surface area is 518 Å². The lowest BCUT2D eigenvalue weighted by atomic mass is 9.83. The number of hydrogen-bond acceptors (Lipinski definition) is 16. The molecular weight excluding hydrogens is 1200 g/mol. The number of urea groups is 1. The Morgan fingerprint density at radius 2 is 1.73 bits per heavy atom. The normalized spacial score (nSPS) is 25.3. The minimum Gasteiger partial charge on any atom is -0.495 e. The van der Waals surface area contributed by atoms with Gasteiger partial charge in [-0.1, -0.05) is 62.6 Å². The molecule has 4 aliphatic heterocycles. The number of allylic oxidation sites excluding steroid dienone is 3. The lowest BCUT2D eigenvalue weighted by molar-refractivity contribution is -0.154. The predicted molar refractivity (Wildman–Crippen MR) is 317 cm³/mol. The smallest absolute Gasteiger partial charge is 0.417 e. The van der Waals surface area contributed by atoms with Gasteiger partial charge in [0.25, 0.3) is 5.91 Å². The summed E-state index contributed by atoms with van der Waals surface area (Å²) in [6.07, 6.45) is -3.34. The number of unbranched alkanes of at least 4 members (excludes halogenated alkanes) is 2. The van der Waals surface area contributed by atoms with Crippen molar-refractivity contribution in [3.63, 3.8) is 0 Å². The number of hydrogen-bond donors (Lipinski definition) is 8. The lowest BCUT2D eigenvalue weighted by Crippen LogP contribution is -2.63. The van der Waals surface area contributed by atoms with Gasteiger partial charge in [-0.15, -0.1) is 0 Å². The van der Waals surface area contributed by atoms with Crippen LogP contribution < -0.4 is 42.0 Å². The summed E-state index contributed by atoms with van der Waals surface area (Å²) in [4.78, 5) is 123. The van der Waals surface area contributed by atoms with Crippen molar-refractivity contribution in [1.29, 1.82) is 0 Å². The van der Waals surface area contributed by atoms with Crippen molar-refractivity contribution in [2.24, 2.45) is 17.6 Å². The molecule has 4 heterocycles. The number of anilines is 2. The summed E-state index contributed by atoms with van der Waals surface area (Å²) in [6, 6.07) is 2.12. The number of carbonyl (C=O) groups is 9. The molecule has 488 valence electrons. The van der Waals surface area contributed by atoms with Crippen molar-refractivity contribution in [1.82, 2.24) is 31.1 Å².